The van der Waals surface area contributed by atoms with Crippen LogP contribution in [0.3, 0.4) is 0 Å². The van der Waals surface area contributed by atoms with Crippen LogP contribution in [-0.2, 0) is 16.1 Å². The molecule has 128 valence electrons. The maximum atomic E-state index is 12.8. The van der Waals surface area contributed by atoms with E-state index in [2.05, 4.69) is 0 Å². The van der Waals surface area contributed by atoms with Crippen LogP contribution in [0.1, 0.15) is 30.8 Å². The quantitative estimate of drug-likeness (QED) is 0.816. The van der Waals surface area contributed by atoms with Crippen molar-refractivity contribution in [3.8, 4) is 0 Å². The number of likely N-dealkylation sites (tertiary alicyclic amines) is 1. The summed E-state index contributed by atoms with van der Waals surface area (Å²) < 4.78 is 11.0. The van der Waals surface area contributed by atoms with E-state index in [1.165, 1.54) is 0 Å². The lowest BCUT2D eigenvalue weighted by atomic mass is 10.2. The van der Waals surface area contributed by atoms with Crippen LogP contribution in [0.4, 0.5) is 0 Å². The van der Waals surface area contributed by atoms with Crippen molar-refractivity contribution < 1.29 is 19.1 Å². The molecular formula is C17H26N2O4. The third kappa shape index (κ3) is 3.94. The number of carbonyl (C=O) groups is 1. The lowest BCUT2D eigenvalue weighted by Gasteiger charge is -2.27. The summed E-state index contributed by atoms with van der Waals surface area (Å²) in [5.41, 5.74) is 0. The van der Waals surface area contributed by atoms with E-state index in [9.17, 15) is 9.90 Å². The zero-order chi connectivity index (χ0) is 16.4. The highest BCUT2D eigenvalue weighted by molar-refractivity contribution is 5.79. The molecule has 0 bridgehead atoms. The van der Waals surface area contributed by atoms with Gasteiger partial charge in [0.1, 0.15) is 11.5 Å². The third-order valence-electron chi connectivity index (χ3n) is 4.80. The summed E-state index contributed by atoms with van der Waals surface area (Å²) in [5, 5.41) is 9.52. The molecule has 1 aliphatic heterocycles. The van der Waals surface area contributed by atoms with Gasteiger partial charge in [-0.1, -0.05) is 0 Å². The average Bonchev–Trinajstić information content (AvgIpc) is 3.18. The monoisotopic (exact) mass is 322 g/mol. The van der Waals surface area contributed by atoms with Gasteiger partial charge in [0.15, 0.2) is 0 Å². The second-order valence-electron chi connectivity index (χ2n) is 6.62. The molecule has 6 heteroatoms. The van der Waals surface area contributed by atoms with Gasteiger partial charge in [0.05, 0.1) is 25.8 Å². The van der Waals surface area contributed by atoms with E-state index in [0.717, 1.165) is 30.8 Å². The normalized spacial score (nSPS) is 25.0. The summed E-state index contributed by atoms with van der Waals surface area (Å²) in [6.07, 6.45) is 3.01. The van der Waals surface area contributed by atoms with Crippen LogP contribution in [-0.4, -0.2) is 65.8 Å². The molecule has 23 heavy (non-hydrogen) atoms. The molecule has 1 saturated carbocycles. The average molecular weight is 322 g/mol. The van der Waals surface area contributed by atoms with E-state index in [0.29, 0.717) is 25.7 Å². The Balaban J connectivity index is 1.62. The van der Waals surface area contributed by atoms with Crippen molar-refractivity contribution in [2.24, 2.45) is 0 Å². The van der Waals surface area contributed by atoms with E-state index in [-0.39, 0.29) is 24.7 Å². The van der Waals surface area contributed by atoms with E-state index in [1.807, 2.05) is 28.9 Å². The first-order chi connectivity index (χ1) is 11.1. The van der Waals surface area contributed by atoms with Gasteiger partial charge >= 0.3 is 0 Å². The molecule has 0 radical (unpaired) electrons. The molecule has 3 rings (SSSR count). The fraction of sp³-hybridized carbons (Fsp3) is 0.706. The van der Waals surface area contributed by atoms with Gasteiger partial charge in [-0.2, -0.15) is 0 Å². The minimum absolute atomic E-state index is 0.0100. The first-order valence-electron chi connectivity index (χ1n) is 8.33. The van der Waals surface area contributed by atoms with Gasteiger partial charge < -0.3 is 19.2 Å². The lowest BCUT2D eigenvalue weighted by Crippen LogP contribution is -2.44. The first kappa shape index (κ1) is 16.5. The van der Waals surface area contributed by atoms with Crippen LogP contribution in [0.2, 0.25) is 0 Å². The summed E-state index contributed by atoms with van der Waals surface area (Å²) in [6, 6.07) is 4.21. The Morgan fingerprint density at radius 1 is 1.48 bits per heavy atom. The van der Waals surface area contributed by atoms with Crippen LogP contribution in [0.25, 0.3) is 0 Å². The fourth-order valence-electron chi connectivity index (χ4n) is 3.30. The van der Waals surface area contributed by atoms with Crippen molar-refractivity contribution in [3.63, 3.8) is 0 Å². The highest BCUT2D eigenvalue weighted by Crippen LogP contribution is 2.29. The molecule has 2 atom stereocenters. The molecule has 1 aliphatic carbocycles. The van der Waals surface area contributed by atoms with E-state index in [1.54, 1.807) is 7.11 Å². The van der Waals surface area contributed by atoms with Crippen molar-refractivity contribution >= 4 is 5.91 Å². The molecule has 6 nitrogen and oxygen atoms in total. The molecule has 1 N–H and O–H groups in total. The second-order valence-corrected chi connectivity index (χ2v) is 6.62. The standard InChI is InChI=1S/C17H26N2O4/c1-12-3-6-15(23-12)9-19(13-4-5-13)17(21)10-18-8-16(22-2)7-14(18)11-20/h3,6,13-14,16,20H,4-5,7-11H2,1-2H3/t14-,16+/m0/s1. The number of hydrogen-bond donors (Lipinski definition) is 1. The largest absolute Gasteiger partial charge is 0.464 e. The number of nitrogens with zero attached hydrogens (tertiary/aromatic N) is 2. The van der Waals surface area contributed by atoms with Gasteiger partial charge in [-0.3, -0.25) is 9.69 Å². The number of methoxy groups -OCH3 is 1. The molecule has 0 spiro atoms. The van der Waals surface area contributed by atoms with E-state index < -0.39 is 0 Å². The molecule has 1 aromatic heterocycles. The van der Waals surface area contributed by atoms with Crippen molar-refractivity contribution in [2.45, 2.75) is 50.9 Å². The maximum Gasteiger partial charge on any atom is 0.237 e. The smallest absolute Gasteiger partial charge is 0.237 e. The maximum absolute atomic E-state index is 12.8. The third-order valence-corrected chi connectivity index (χ3v) is 4.80. The van der Waals surface area contributed by atoms with Crippen molar-refractivity contribution in [2.75, 3.05) is 26.8 Å². The minimum atomic E-state index is 0.0100. The summed E-state index contributed by atoms with van der Waals surface area (Å²) in [6.45, 7) is 3.54. The molecule has 2 fully saturated rings. The molecule has 2 aliphatic rings. The Kier molecular flexibility index (Phi) is 5.04. The number of aliphatic hydroxyl groups excluding tert-OH is 1. The summed E-state index contributed by atoms with van der Waals surface area (Å²) in [7, 11) is 1.68. The Labute approximate surface area is 137 Å². The lowest BCUT2D eigenvalue weighted by molar-refractivity contribution is -0.134. The molecular weight excluding hydrogens is 296 g/mol. The van der Waals surface area contributed by atoms with Crippen LogP contribution in [0.5, 0.6) is 0 Å². The van der Waals surface area contributed by atoms with E-state index >= 15 is 0 Å². The first-order valence-corrected chi connectivity index (χ1v) is 8.33. The fourth-order valence-corrected chi connectivity index (χ4v) is 3.30. The Hall–Kier alpha value is -1.37. The number of amides is 1. The molecule has 1 aromatic rings. The van der Waals surface area contributed by atoms with E-state index in [4.69, 9.17) is 9.15 Å². The van der Waals surface area contributed by atoms with Gasteiger partial charge in [0.2, 0.25) is 5.91 Å². The zero-order valence-corrected chi connectivity index (χ0v) is 13.9. The molecule has 0 unspecified atom stereocenters. The number of hydrogen-bond acceptors (Lipinski definition) is 5. The molecule has 0 aromatic carbocycles. The molecule has 1 saturated heterocycles. The summed E-state index contributed by atoms with van der Waals surface area (Å²) in [5.74, 6) is 1.81. The highest BCUT2D eigenvalue weighted by Gasteiger charge is 2.37. The van der Waals surface area contributed by atoms with Crippen molar-refractivity contribution in [3.05, 3.63) is 23.7 Å². The van der Waals surface area contributed by atoms with Gasteiger partial charge in [0, 0.05) is 25.7 Å². The summed E-state index contributed by atoms with van der Waals surface area (Å²) >= 11 is 0. The highest BCUT2D eigenvalue weighted by atomic mass is 16.5. The van der Waals surface area contributed by atoms with Crippen LogP contribution in [0, 0.1) is 6.92 Å². The topological polar surface area (TPSA) is 66.2 Å². The minimum Gasteiger partial charge on any atom is -0.464 e. The van der Waals surface area contributed by atoms with Crippen molar-refractivity contribution in [1.82, 2.24) is 9.80 Å². The van der Waals surface area contributed by atoms with Gasteiger partial charge in [-0.25, -0.2) is 0 Å². The number of ether oxygens (including phenoxy) is 1. The number of aryl methyl sites for hydroxylation is 1. The zero-order valence-electron chi connectivity index (χ0n) is 13.9. The van der Waals surface area contributed by atoms with Crippen LogP contribution >= 0.6 is 0 Å². The summed E-state index contributed by atoms with van der Waals surface area (Å²) in [4.78, 5) is 16.7. The van der Waals surface area contributed by atoms with Gasteiger partial charge in [-0.05, 0) is 38.3 Å². The predicted molar refractivity (Wildman–Crippen MR) is 84.9 cm³/mol. The SMILES string of the molecule is CO[C@@H]1C[C@@H](CO)N(CC(=O)N(Cc2ccc(C)o2)C2CC2)C1. The second kappa shape index (κ2) is 7.03. The van der Waals surface area contributed by atoms with Crippen LogP contribution in [0.15, 0.2) is 16.5 Å². The number of furan rings is 1. The Morgan fingerprint density at radius 2 is 2.26 bits per heavy atom. The van der Waals surface area contributed by atoms with Crippen molar-refractivity contribution in [1.29, 1.82) is 0 Å². The van der Waals surface area contributed by atoms with Gasteiger partial charge in [0.25, 0.3) is 0 Å². The number of aliphatic hydroxyl groups is 1. The number of carbonyl (C=O) groups excluding carboxylic acids is 1. The van der Waals surface area contributed by atoms with Crippen LogP contribution < -0.4 is 0 Å². The molecule has 1 amide bonds. The molecule has 2 heterocycles. The predicted octanol–water partition coefficient (Wildman–Crippen LogP) is 1.16. The van der Waals surface area contributed by atoms with Gasteiger partial charge in [-0.15, -0.1) is 0 Å². The Bertz CT molecular complexity index is 540. The number of rotatable bonds is 7. The Morgan fingerprint density at radius 3 is 2.83 bits per heavy atom.